The van der Waals surface area contributed by atoms with E-state index in [1.807, 2.05) is 66.7 Å². The number of methoxy groups -OCH3 is 1. The maximum Gasteiger partial charge on any atom is 0.246 e. The zero-order valence-electron chi connectivity index (χ0n) is 19.2. The van der Waals surface area contributed by atoms with Crippen molar-refractivity contribution in [3.8, 4) is 5.75 Å². The molecule has 3 aromatic carbocycles. The summed E-state index contributed by atoms with van der Waals surface area (Å²) >= 11 is 6.16. The summed E-state index contributed by atoms with van der Waals surface area (Å²) < 4.78 is 5.24. The number of H-pyrrole nitrogens is 1. The van der Waals surface area contributed by atoms with Crippen molar-refractivity contribution in [3.05, 3.63) is 100 Å². The molecule has 1 saturated heterocycles. The van der Waals surface area contributed by atoms with Crippen LogP contribution in [-0.4, -0.2) is 46.3 Å². The van der Waals surface area contributed by atoms with Gasteiger partial charge in [-0.3, -0.25) is 9.59 Å². The van der Waals surface area contributed by atoms with Gasteiger partial charge in [-0.25, -0.2) is 0 Å². The largest absolute Gasteiger partial charge is 0.497 e. The third kappa shape index (κ3) is 3.65. The highest BCUT2D eigenvalue weighted by atomic mass is 35.5. The van der Waals surface area contributed by atoms with E-state index in [0.717, 1.165) is 39.0 Å². The fourth-order valence-electron chi connectivity index (χ4n) is 5.40. The number of rotatable bonds is 4. The van der Waals surface area contributed by atoms with Crippen LogP contribution in [0.25, 0.3) is 10.9 Å². The Kier molecular flexibility index (Phi) is 5.26. The number of amides is 2. The maximum atomic E-state index is 13.8. The Morgan fingerprint density at radius 1 is 1.00 bits per heavy atom. The molecule has 7 heteroatoms. The summed E-state index contributed by atoms with van der Waals surface area (Å²) in [5.41, 5.74) is 4.95. The van der Waals surface area contributed by atoms with Crippen molar-refractivity contribution in [2.24, 2.45) is 0 Å². The van der Waals surface area contributed by atoms with Gasteiger partial charge in [0.05, 0.1) is 13.2 Å². The van der Waals surface area contributed by atoms with Crippen LogP contribution in [0.2, 0.25) is 5.02 Å². The fourth-order valence-corrected chi connectivity index (χ4v) is 5.53. The molecule has 2 amide bonds. The Morgan fingerprint density at radius 3 is 2.49 bits per heavy atom. The molecule has 0 aliphatic carbocycles. The highest BCUT2D eigenvalue weighted by molar-refractivity contribution is 6.30. The van der Waals surface area contributed by atoms with E-state index in [1.165, 1.54) is 0 Å². The molecule has 0 radical (unpaired) electrons. The lowest BCUT2D eigenvalue weighted by Gasteiger charge is -2.47. The van der Waals surface area contributed by atoms with E-state index in [1.54, 1.807) is 16.9 Å². The number of carbonyl (C=O) groups is 2. The molecule has 4 aromatic rings. The SMILES string of the molecule is COc1ccc(CN2CC(=O)N3[C@H](c4ccc(Cl)cc4)c4[nH]c5ccccc5c4C[C@@H]3C2=O)cc1. The molecule has 6 rings (SSSR count). The minimum Gasteiger partial charge on any atom is -0.497 e. The number of carbonyl (C=O) groups excluding carboxylic acids is 2. The summed E-state index contributed by atoms with van der Waals surface area (Å²) in [6, 6.07) is 22.3. The van der Waals surface area contributed by atoms with Crippen LogP contribution in [-0.2, 0) is 22.6 Å². The molecule has 6 nitrogen and oxygen atoms in total. The Bertz CT molecular complexity index is 1430. The summed E-state index contributed by atoms with van der Waals surface area (Å²) in [5.74, 6) is 0.661. The minimum absolute atomic E-state index is 0.0321. The van der Waals surface area contributed by atoms with Crippen LogP contribution >= 0.6 is 11.6 Å². The molecule has 1 N–H and O–H groups in total. The number of aromatic amines is 1. The molecule has 0 spiro atoms. The van der Waals surface area contributed by atoms with Gasteiger partial charge in [-0.1, -0.05) is 54.1 Å². The van der Waals surface area contributed by atoms with E-state index in [-0.39, 0.29) is 24.4 Å². The van der Waals surface area contributed by atoms with Crippen molar-refractivity contribution >= 4 is 34.3 Å². The highest BCUT2D eigenvalue weighted by Gasteiger charge is 2.48. The van der Waals surface area contributed by atoms with Gasteiger partial charge in [0.15, 0.2) is 0 Å². The lowest BCUT2D eigenvalue weighted by Crippen LogP contribution is -2.62. The number of para-hydroxylation sites is 1. The minimum atomic E-state index is -0.568. The summed E-state index contributed by atoms with van der Waals surface area (Å²) in [5, 5.41) is 1.72. The number of aromatic nitrogens is 1. The van der Waals surface area contributed by atoms with E-state index < -0.39 is 6.04 Å². The van der Waals surface area contributed by atoms with Gasteiger partial charge >= 0.3 is 0 Å². The van der Waals surface area contributed by atoms with E-state index in [4.69, 9.17) is 16.3 Å². The summed E-state index contributed by atoms with van der Waals surface area (Å²) in [7, 11) is 1.62. The molecular formula is C28H24ClN3O3. The highest BCUT2D eigenvalue weighted by Crippen LogP contribution is 2.42. The molecule has 1 fully saturated rings. The monoisotopic (exact) mass is 485 g/mol. The van der Waals surface area contributed by atoms with Crippen molar-refractivity contribution in [2.45, 2.75) is 25.0 Å². The quantitative estimate of drug-likeness (QED) is 0.455. The van der Waals surface area contributed by atoms with Crippen LogP contribution in [0.3, 0.4) is 0 Å². The van der Waals surface area contributed by atoms with E-state index in [9.17, 15) is 9.59 Å². The molecule has 2 atom stereocenters. The van der Waals surface area contributed by atoms with Crippen molar-refractivity contribution in [1.29, 1.82) is 0 Å². The summed E-state index contributed by atoms with van der Waals surface area (Å²) in [4.78, 5) is 34.4. The number of fused-ring (bicyclic) bond motifs is 4. The van der Waals surface area contributed by atoms with Gasteiger partial charge in [-0.2, -0.15) is 0 Å². The van der Waals surface area contributed by atoms with Gasteiger partial charge in [0, 0.05) is 34.6 Å². The lowest BCUT2D eigenvalue weighted by atomic mass is 9.86. The number of hydrogen-bond donors (Lipinski definition) is 1. The number of hydrogen-bond acceptors (Lipinski definition) is 3. The molecule has 0 unspecified atom stereocenters. The van der Waals surface area contributed by atoms with Crippen LogP contribution < -0.4 is 4.74 Å². The lowest BCUT2D eigenvalue weighted by molar-refractivity contribution is -0.159. The van der Waals surface area contributed by atoms with E-state index in [2.05, 4.69) is 11.1 Å². The zero-order chi connectivity index (χ0) is 24.1. The van der Waals surface area contributed by atoms with Gasteiger partial charge in [-0.15, -0.1) is 0 Å². The van der Waals surface area contributed by atoms with Crippen molar-refractivity contribution in [1.82, 2.24) is 14.8 Å². The first-order valence-electron chi connectivity index (χ1n) is 11.6. The molecule has 176 valence electrons. The predicted octanol–water partition coefficient (Wildman–Crippen LogP) is 4.72. The molecular weight excluding hydrogens is 462 g/mol. The second-order valence-corrected chi connectivity index (χ2v) is 9.52. The first-order chi connectivity index (χ1) is 17.0. The molecule has 0 bridgehead atoms. The summed E-state index contributed by atoms with van der Waals surface area (Å²) in [6.07, 6.45) is 0.479. The molecule has 1 aromatic heterocycles. The molecule has 3 heterocycles. The predicted molar refractivity (Wildman–Crippen MR) is 134 cm³/mol. The molecule has 2 aliphatic heterocycles. The first kappa shape index (κ1) is 21.7. The van der Waals surface area contributed by atoms with Crippen LogP contribution in [0, 0.1) is 0 Å². The topological polar surface area (TPSA) is 65.6 Å². The standard InChI is InChI=1S/C28H24ClN3O3/c1-35-20-12-6-17(7-13-20)15-31-16-25(33)32-24(28(31)34)14-22-21-4-2-3-5-23(21)30-26(22)27(32)18-8-10-19(29)11-9-18/h2-13,24,27,30H,14-16H2,1H3/t24-,27-/m1/s1. The molecule has 2 aliphatic rings. The molecule has 35 heavy (non-hydrogen) atoms. The van der Waals surface area contributed by atoms with Crippen LogP contribution in [0.4, 0.5) is 0 Å². The van der Waals surface area contributed by atoms with Gasteiger partial charge in [0.25, 0.3) is 0 Å². The molecule has 0 saturated carbocycles. The Hall–Kier alpha value is -3.77. The first-order valence-corrected chi connectivity index (χ1v) is 12.0. The van der Waals surface area contributed by atoms with Crippen LogP contribution in [0.5, 0.6) is 5.75 Å². The van der Waals surface area contributed by atoms with Gasteiger partial charge in [0.2, 0.25) is 11.8 Å². The third-order valence-electron chi connectivity index (χ3n) is 7.06. The van der Waals surface area contributed by atoms with Crippen LogP contribution in [0.15, 0.2) is 72.8 Å². The fraction of sp³-hybridized carbons (Fsp3) is 0.214. The number of ether oxygens (including phenoxy) is 1. The van der Waals surface area contributed by atoms with E-state index in [0.29, 0.717) is 18.0 Å². The zero-order valence-corrected chi connectivity index (χ0v) is 20.0. The van der Waals surface area contributed by atoms with Gasteiger partial charge < -0.3 is 19.5 Å². The normalized spacial score (nSPS) is 19.6. The second kappa shape index (κ2) is 8.47. The number of benzene rings is 3. The van der Waals surface area contributed by atoms with Crippen molar-refractivity contribution in [2.75, 3.05) is 13.7 Å². The smallest absolute Gasteiger partial charge is 0.246 e. The number of piperazine rings is 1. The Morgan fingerprint density at radius 2 is 1.74 bits per heavy atom. The van der Waals surface area contributed by atoms with Crippen LogP contribution in [0.1, 0.15) is 28.4 Å². The number of nitrogens with one attached hydrogen (secondary N) is 1. The average Bonchev–Trinajstić information content (AvgIpc) is 3.25. The average molecular weight is 486 g/mol. The van der Waals surface area contributed by atoms with Crippen molar-refractivity contribution in [3.63, 3.8) is 0 Å². The summed E-state index contributed by atoms with van der Waals surface area (Å²) in [6.45, 7) is 0.423. The third-order valence-corrected chi connectivity index (χ3v) is 7.31. The second-order valence-electron chi connectivity index (χ2n) is 9.08. The van der Waals surface area contributed by atoms with E-state index >= 15 is 0 Å². The maximum absolute atomic E-state index is 13.8. The Balaban J connectivity index is 1.41. The number of nitrogens with zero attached hydrogens (tertiary/aromatic N) is 2. The Labute approximate surface area is 208 Å². The van der Waals surface area contributed by atoms with Crippen molar-refractivity contribution < 1.29 is 14.3 Å². The van der Waals surface area contributed by atoms with Gasteiger partial charge in [-0.05, 0) is 47.0 Å². The number of halogens is 1. The van der Waals surface area contributed by atoms with Gasteiger partial charge in [0.1, 0.15) is 18.3 Å².